The molecule has 1 aliphatic heterocycles. The number of carbonyl (C=O) groups excluding carboxylic acids is 1. The third-order valence-corrected chi connectivity index (χ3v) is 5.25. The average Bonchev–Trinajstić information content (AvgIpc) is 2.76. The normalized spacial score (nSPS) is 16.4. The number of nitrogens with one attached hydrogen (secondary N) is 3. The van der Waals surface area contributed by atoms with Gasteiger partial charge in [-0.3, -0.25) is 4.79 Å². The molecule has 2 aromatic heterocycles. The average molecular weight is 482 g/mol. The molecule has 0 atom stereocenters. The van der Waals surface area contributed by atoms with E-state index in [4.69, 9.17) is 0 Å². The van der Waals surface area contributed by atoms with Gasteiger partial charge in [0.2, 0.25) is 5.95 Å². The molecular weight excluding hydrogens is 473 g/mol. The molecule has 0 saturated carbocycles. The highest BCUT2D eigenvalue weighted by Gasteiger charge is 2.31. The van der Waals surface area contributed by atoms with Crippen molar-refractivity contribution in [1.29, 1.82) is 0 Å². The molecule has 12 heteroatoms. The van der Waals surface area contributed by atoms with Crippen LogP contribution in [0.5, 0.6) is 0 Å². The quantitative estimate of drug-likeness (QED) is 0.573. The molecule has 25 heavy (non-hydrogen) atoms. The van der Waals surface area contributed by atoms with E-state index in [0.717, 1.165) is 0 Å². The molecule has 7 nitrogen and oxygen atoms in total. The summed E-state index contributed by atoms with van der Waals surface area (Å²) in [6, 6.07) is 0. The van der Waals surface area contributed by atoms with Crippen molar-refractivity contribution in [2.45, 2.75) is 12.6 Å². The number of halogens is 5. The highest BCUT2D eigenvalue weighted by atomic mass is 79.9. The second-order valence-corrected chi connectivity index (χ2v) is 6.56. The fourth-order valence-corrected chi connectivity index (χ4v) is 3.08. The van der Waals surface area contributed by atoms with E-state index < -0.39 is 11.7 Å². The number of aromatic amines is 1. The predicted octanol–water partition coefficient (Wildman–Crippen LogP) is 3.30. The van der Waals surface area contributed by atoms with Crippen LogP contribution < -0.4 is 10.7 Å². The van der Waals surface area contributed by atoms with E-state index in [1.165, 1.54) is 0 Å². The highest BCUT2D eigenvalue weighted by molar-refractivity contribution is 9.13. The van der Waals surface area contributed by atoms with E-state index in [2.05, 4.69) is 62.7 Å². The summed E-state index contributed by atoms with van der Waals surface area (Å²) in [6.45, 7) is 0.361. The van der Waals surface area contributed by atoms with Crippen LogP contribution in [0.15, 0.2) is 26.6 Å². The molecule has 132 valence electrons. The second kappa shape index (κ2) is 6.75. The van der Waals surface area contributed by atoms with Crippen LogP contribution in [0.3, 0.4) is 0 Å². The van der Waals surface area contributed by atoms with E-state index in [-0.39, 0.29) is 11.9 Å². The van der Waals surface area contributed by atoms with Crippen LogP contribution in [0.2, 0.25) is 0 Å². The van der Waals surface area contributed by atoms with Crippen LogP contribution in [0.25, 0.3) is 0 Å². The van der Waals surface area contributed by atoms with Gasteiger partial charge in [0.15, 0.2) is 0 Å². The first kappa shape index (κ1) is 17.9. The van der Waals surface area contributed by atoms with Gasteiger partial charge in [-0.15, -0.1) is 0 Å². The van der Waals surface area contributed by atoms with Crippen LogP contribution in [-0.2, 0) is 6.18 Å². The van der Waals surface area contributed by atoms with Crippen molar-refractivity contribution in [2.24, 2.45) is 5.10 Å². The van der Waals surface area contributed by atoms with Crippen molar-refractivity contribution in [3.05, 3.63) is 38.3 Å². The predicted molar refractivity (Wildman–Crippen MR) is 90.3 cm³/mol. The smallest absolute Gasteiger partial charge is 0.350 e. The summed E-state index contributed by atoms with van der Waals surface area (Å²) in [5, 5.41) is 6.87. The molecule has 3 heterocycles. The third-order valence-electron chi connectivity index (χ3n) is 3.33. The molecule has 0 saturated heterocycles. The Bertz CT molecular complexity index is 847. The molecule has 0 unspecified atom stereocenters. The lowest BCUT2D eigenvalue weighted by Gasteiger charge is -2.07. The van der Waals surface area contributed by atoms with Crippen LogP contribution >= 0.6 is 31.9 Å². The Morgan fingerprint density at radius 3 is 2.56 bits per heavy atom. The zero-order valence-electron chi connectivity index (χ0n) is 12.2. The first-order valence-corrected chi connectivity index (χ1v) is 8.43. The van der Waals surface area contributed by atoms with Gasteiger partial charge in [0.25, 0.3) is 5.91 Å². The van der Waals surface area contributed by atoms with E-state index in [0.29, 0.717) is 51.4 Å². The number of amides is 1. The van der Waals surface area contributed by atoms with Crippen molar-refractivity contribution in [2.75, 3.05) is 12.0 Å². The number of rotatable bonds is 2. The topological polar surface area (TPSA) is 95.1 Å². The minimum Gasteiger partial charge on any atom is -0.350 e. The standard InChI is InChI=1S/C13H9Br2F3N6O/c14-8-7-6(1-2-19-11(25)9(7)22-10(8)15)23-24-12-20-3-5(4-21-12)13(16,17)18/h3-4,22H,1-2H2,(H,19,25)(H,20,21,24)/b23-6+. The number of anilines is 1. The van der Waals surface area contributed by atoms with E-state index >= 15 is 0 Å². The Kier molecular flexibility index (Phi) is 4.82. The molecule has 2 aromatic rings. The zero-order chi connectivity index (χ0) is 18.2. The van der Waals surface area contributed by atoms with Crippen LogP contribution in [0.4, 0.5) is 19.1 Å². The Morgan fingerprint density at radius 1 is 1.24 bits per heavy atom. The maximum absolute atomic E-state index is 12.5. The van der Waals surface area contributed by atoms with Gasteiger partial charge in [0.05, 0.1) is 20.4 Å². The Hall–Kier alpha value is -1.95. The summed E-state index contributed by atoms with van der Waals surface area (Å²) in [4.78, 5) is 22.1. The molecule has 3 N–H and O–H groups in total. The lowest BCUT2D eigenvalue weighted by atomic mass is 10.1. The van der Waals surface area contributed by atoms with Gasteiger partial charge in [-0.1, -0.05) is 0 Å². The van der Waals surface area contributed by atoms with Crippen molar-refractivity contribution < 1.29 is 18.0 Å². The summed E-state index contributed by atoms with van der Waals surface area (Å²) in [6.07, 6.45) is -2.76. The largest absolute Gasteiger partial charge is 0.419 e. The van der Waals surface area contributed by atoms with Crippen LogP contribution in [-0.4, -0.2) is 33.1 Å². The molecule has 1 aliphatic rings. The molecule has 0 fully saturated rings. The first-order valence-electron chi connectivity index (χ1n) is 6.84. The monoisotopic (exact) mass is 480 g/mol. The minimum absolute atomic E-state index is 0.0868. The second-order valence-electron chi connectivity index (χ2n) is 4.97. The van der Waals surface area contributed by atoms with Crippen molar-refractivity contribution >= 4 is 49.4 Å². The fraction of sp³-hybridized carbons (Fsp3) is 0.231. The molecule has 1 amide bonds. The minimum atomic E-state index is -4.51. The molecule has 0 aliphatic carbocycles. The van der Waals surface area contributed by atoms with Gasteiger partial charge >= 0.3 is 6.18 Å². The van der Waals surface area contributed by atoms with Gasteiger partial charge in [-0.2, -0.15) is 18.3 Å². The summed E-state index contributed by atoms with van der Waals surface area (Å²) >= 11 is 6.66. The van der Waals surface area contributed by atoms with Gasteiger partial charge in [-0.25, -0.2) is 15.4 Å². The lowest BCUT2D eigenvalue weighted by molar-refractivity contribution is -0.138. The molecule has 0 bridgehead atoms. The maximum Gasteiger partial charge on any atom is 0.419 e. The van der Waals surface area contributed by atoms with Crippen molar-refractivity contribution in [3.63, 3.8) is 0 Å². The van der Waals surface area contributed by atoms with E-state index in [1.807, 2.05) is 0 Å². The SMILES string of the molecule is O=C1NCC/C(=N\Nc2ncc(C(F)(F)F)cn2)c2c1[nH]c(Br)c2Br. The van der Waals surface area contributed by atoms with Gasteiger partial charge < -0.3 is 10.3 Å². The van der Waals surface area contributed by atoms with E-state index in [1.54, 1.807) is 0 Å². The summed E-state index contributed by atoms with van der Waals surface area (Å²) in [5.74, 6) is -0.367. The van der Waals surface area contributed by atoms with E-state index in [9.17, 15) is 18.0 Å². The lowest BCUT2D eigenvalue weighted by Crippen LogP contribution is -2.23. The molecule has 3 rings (SSSR count). The summed E-state index contributed by atoms with van der Waals surface area (Å²) in [5.41, 5.74) is 2.97. The highest BCUT2D eigenvalue weighted by Crippen LogP contribution is 2.32. The Morgan fingerprint density at radius 2 is 1.92 bits per heavy atom. The number of hydrogen-bond donors (Lipinski definition) is 3. The fourth-order valence-electron chi connectivity index (χ4n) is 2.16. The van der Waals surface area contributed by atoms with Crippen LogP contribution in [0, 0.1) is 0 Å². The number of alkyl halides is 3. The number of H-pyrrole nitrogens is 1. The Balaban J connectivity index is 1.89. The van der Waals surface area contributed by atoms with Gasteiger partial charge in [0, 0.05) is 30.9 Å². The van der Waals surface area contributed by atoms with Gasteiger partial charge in [-0.05, 0) is 31.9 Å². The molecule has 0 aromatic carbocycles. The number of nitrogens with zero attached hydrogens (tertiary/aromatic N) is 3. The summed E-state index contributed by atoms with van der Waals surface area (Å²) < 4.78 is 38.7. The maximum atomic E-state index is 12.5. The zero-order valence-corrected chi connectivity index (χ0v) is 15.4. The number of hydrazone groups is 1. The van der Waals surface area contributed by atoms with Crippen molar-refractivity contribution in [1.82, 2.24) is 20.3 Å². The molecular formula is C13H9Br2F3N6O. The van der Waals surface area contributed by atoms with Gasteiger partial charge in [0.1, 0.15) is 5.69 Å². The van der Waals surface area contributed by atoms with Crippen molar-refractivity contribution in [3.8, 4) is 0 Å². The van der Waals surface area contributed by atoms with Crippen LogP contribution in [0.1, 0.15) is 28.0 Å². The number of hydrogen-bond acceptors (Lipinski definition) is 5. The summed E-state index contributed by atoms with van der Waals surface area (Å²) in [7, 11) is 0. The molecule has 0 radical (unpaired) electrons. The molecule has 0 spiro atoms. The Labute approximate surface area is 155 Å². The number of fused-ring (bicyclic) bond motifs is 1. The number of aromatic nitrogens is 3. The number of carbonyl (C=O) groups is 1. The first-order chi connectivity index (χ1) is 11.8. The third kappa shape index (κ3) is 3.68.